The molecule has 2 aliphatic rings. The summed E-state index contributed by atoms with van der Waals surface area (Å²) < 4.78 is 0. The molecule has 2 saturated heterocycles. The molecule has 0 saturated carbocycles. The van der Waals surface area contributed by atoms with Crippen LogP contribution in [-0.2, 0) is 9.59 Å². The van der Waals surface area contributed by atoms with Crippen LogP contribution in [0.5, 0.6) is 0 Å². The number of amides is 1. The highest BCUT2D eigenvalue weighted by atomic mass is 32.2. The Kier molecular flexibility index (Phi) is 1.96. The summed E-state index contributed by atoms with van der Waals surface area (Å²) in [5.74, 6) is -0.668. The maximum atomic E-state index is 11.4. The highest BCUT2D eigenvalue weighted by molar-refractivity contribution is 8.00. The summed E-state index contributed by atoms with van der Waals surface area (Å²) >= 11 is 1.50. The number of carboxylic acid groups (broad SMARTS) is 1. The van der Waals surface area contributed by atoms with E-state index in [4.69, 9.17) is 10.8 Å². The van der Waals surface area contributed by atoms with Gasteiger partial charge in [-0.15, -0.1) is 11.8 Å². The number of nitrogens with two attached hydrogens (primary N) is 1. The molecule has 13 heavy (non-hydrogen) atoms. The lowest BCUT2D eigenvalue weighted by Gasteiger charge is -2.19. The van der Waals surface area contributed by atoms with Gasteiger partial charge in [-0.25, -0.2) is 4.79 Å². The highest BCUT2D eigenvalue weighted by Gasteiger charge is 2.48. The van der Waals surface area contributed by atoms with E-state index in [1.54, 1.807) is 0 Å². The van der Waals surface area contributed by atoms with Gasteiger partial charge in [-0.1, -0.05) is 0 Å². The molecule has 3 atom stereocenters. The minimum Gasteiger partial charge on any atom is -0.480 e. The van der Waals surface area contributed by atoms with Gasteiger partial charge in [-0.2, -0.15) is 0 Å². The number of carboxylic acids is 1. The summed E-state index contributed by atoms with van der Waals surface area (Å²) in [4.78, 5) is 23.6. The fourth-order valence-corrected chi connectivity index (χ4v) is 3.20. The van der Waals surface area contributed by atoms with Crippen molar-refractivity contribution in [1.82, 2.24) is 4.90 Å². The van der Waals surface area contributed by atoms with E-state index in [9.17, 15) is 9.59 Å². The number of hydrogen-bond acceptors (Lipinski definition) is 4. The Bertz CT molecular complexity index is 270. The summed E-state index contributed by atoms with van der Waals surface area (Å²) in [5.41, 5.74) is 5.53. The van der Waals surface area contributed by atoms with E-state index < -0.39 is 18.1 Å². The van der Waals surface area contributed by atoms with Crippen molar-refractivity contribution in [1.29, 1.82) is 0 Å². The van der Waals surface area contributed by atoms with Crippen molar-refractivity contribution in [2.24, 2.45) is 5.73 Å². The standard InChI is InChI=1S/C7H10N2O3S/c8-3-1-5-9(6(3)10)4(2-13-5)7(11)12/h3-5H,1-2,8H2,(H,11,12). The van der Waals surface area contributed by atoms with Crippen molar-refractivity contribution in [3.8, 4) is 0 Å². The molecule has 3 N–H and O–H groups in total. The number of aliphatic carboxylic acids is 1. The van der Waals surface area contributed by atoms with Crippen LogP contribution in [0.2, 0.25) is 0 Å². The maximum Gasteiger partial charge on any atom is 0.327 e. The molecular weight excluding hydrogens is 192 g/mol. The summed E-state index contributed by atoms with van der Waals surface area (Å²) in [6.45, 7) is 0. The first-order valence-electron chi connectivity index (χ1n) is 4.03. The minimum absolute atomic E-state index is 0.0106. The molecule has 2 heterocycles. The van der Waals surface area contributed by atoms with Crippen LogP contribution in [0.3, 0.4) is 0 Å². The topological polar surface area (TPSA) is 83.6 Å². The van der Waals surface area contributed by atoms with Crippen molar-refractivity contribution in [2.45, 2.75) is 23.9 Å². The largest absolute Gasteiger partial charge is 0.480 e. The first-order valence-corrected chi connectivity index (χ1v) is 5.08. The number of fused-ring (bicyclic) bond motifs is 1. The molecule has 0 aliphatic carbocycles. The molecule has 5 nitrogen and oxygen atoms in total. The smallest absolute Gasteiger partial charge is 0.327 e. The maximum absolute atomic E-state index is 11.4. The number of thioether (sulfide) groups is 1. The third-order valence-corrected chi connectivity index (χ3v) is 3.72. The van der Waals surface area contributed by atoms with Gasteiger partial charge >= 0.3 is 5.97 Å². The molecule has 72 valence electrons. The normalized spacial score (nSPS) is 38.1. The molecule has 2 fully saturated rings. The van der Waals surface area contributed by atoms with E-state index >= 15 is 0 Å². The molecule has 0 radical (unpaired) electrons. The van der Waals surface area contributed by atoms with E-state index in [0.717, 1.165) is 0 Å². The van der Waals surface area contributed by atoms with Crippen molar-refractivity contribution in [3.05, 3.63) is 0 Å². The van der Waals surface area contributed by atoms with E-state index in [1.807, 2.05) is 0 Å². The summed E-state index contributed by atoms with van der Waals surface area (Å²) in [7, 11) is 0. The van der Waals surface area contributed by atoms with Crippen LogP contribution in [0.15, 0.2) is 0 Å². The highest BCUT2D eigenvalue weighted by Crippen LogP contribution is 2.36. The van der Waals surface area contributed by atoms with Gasteiger partial charge in [-0.05, 0) is 0 Å². The number of nitrogens with zero attached hydrogens (tertiary/aromatic N) is 1. The van der Waals surface area contributed by atoms with Gasteiger partial charge in [0.2, 0.25) is 5.91 Å². The monoisotopic (exact) mass is 202 g/mol. The fraction of sp³-hybridized carbons (Fsp3) is 0.714. The molecule has 2 aliphatic heterocycles. The third-order valence-electron chi connectivity index (χ3n) is 2.40. The molecule has 0 aromatic rings. The predicted octanol–water partition coefficient (Wildman–Crippen LogP) is -0.928. The summed E-state index contributed by atoms with van der Waals surface area (Å²) in [5, 5.41) is 8.81. The van der Waals surface area contributed by atoms with Crippen LogP contribution in [0.1, 0.15) is 6.42 Å². The molecule has 2 rings (SSSR count). The quantitative estimate of drug-likeness (QED) is 0.574. The van der Waals surface area contributed by atoms with Crippen molar-refractivity contribution >= 4 is 23.6 Å². The zero-order chi connectivity index (χ0) is 9.59. The van der Waals surface area contributed by atoms with Crippen LogP contribution in [0.4, 0.5) is 0 Å². The molecule has 0 spiro atoms. The number of carbonyl (C=O) groups is 2. The molecule has 0 bridgehead atoms. The number of hydrogen-bond donors (Lipinski definition) is 2. The fourth-order valence-electron chi connectivity index (χ4n) is 1.74. The lowest BCUT2D eigenvalue weighted by molar-refractivity contribution is -0.147. The summed E-state index contributed by atoms with van der Waals surface area (Å²) in [6.07, 6.45) is 0.577. The Morgan fingerprint density at radius 3 is 3.00 bits per heavy atom. The van der Waals surface area contributed by atoms with Crippen molar-refractivity contribution < 1.29 is 14.7 Å². The first kappa shape index (κ1) is 8.83. The van der Waals surface area contributed by atoms with Gasteiger partial charge in [0.15, 0.2) is 0 Å². The van der Waals surface area contributed by atoms with Gasteiger partial charge in [-0.3, -0.25) is 4.79 Å². The number of rotatable bonds is 1. The molecule has 1 amide bonds. The average molecular weight is 202 g/mol. The van der Waals surface area contributed by atoms with Crippen LogP contribution in [-0.4, -0.2) is 45.1 Å². The second-order valence-electron chi connectivity index (χ2n) is 3.23. The Labute approximate surface area is 79.3 Å². The SMILES string of the molecule is NC1CC2SCC(C(=O)O)N2C1=O. The second-order valence-corrected chi connectivity index (χ2v) is 4.44. The first-order chi connectivity index (χ1) is 6.11. The van der Waals surface area contributed by atoms with Crippen LogP contribution >= 0.6 is 11.8 Å². The lowest BCUT2D eigenvalue weighted by atomic mass is 10.3. The van der Waals surface area contributed by atoms with Gasteiger partial charge < -0.3 is 15.7 Å². The van der Waals surface area contributed by atoms with E-state index in [0.29, 0.717) is 12.2 Å². The van der Waals surface area contributed by atoms with Gasteiger partial charge in [0.1, 0.15) is 6.04 Å². The summed E-state index contributed by atoms with van der Waals surface area (Å²) in [6, 6.07) is -1.17. The van der Waals surface area contributed by atoms with E-state index in [2.05, 4.69) is 0 Å². The minimum atomic E-state index is -0.933. The van der Waals surface area contributed by atoms with Gasteiger partial charge in [0.25, 0.3) is 0 Å². The number of carbonyl (C=O) groups excluding carboxylic acids is 1. The predicted molar refractivity (Wildman–Crippen MR) is 47.1 cm³/mol. The molecule has 0 aromatic carbocycles. The molecule has 6 heteroatoms. The second kappa shape index (κ2) is 2.88. The van der Waals surface area contributed by atoms with Crippen molar-refractivity contribution in [3.63, 3.8) is 0 Å². The molecule has 0 aromatic heterocycles. The van der Waals surface area contributed by atoms with Crippen LogP contribution < -0.4 is 5.73 Å². The molecular formula is C7H10N2O3S. The van der Waals surface area contributed by atoms with Crippen LogP contribution in [0, 0.1) is 0 Å². The zero-order valence-electron chi connectivity index (χ0n) is 6.84. The Hall–Kier alpha value is -0.750. The average Bonchev–Trinajstić information content (AvgIpc) is 2.55. The van der Waals surface area contributed by atoms with Crippen LogP contribution in [0.25, 0.3) is 0 Å². The lowest BCUT2D eigenvalue weighted by Crippen LogP contribution is -2.44. The molecule has 3 unspecified atom stereocenters. The van der Waals surface area contributed by atoms with Crippen molar-refractivity contribution in [2.75, 3.05) is 5.75 Å². The third kappa shape index (κ3) is 1.21. The van der Waals surface area contributed by atoms with Gasteiger partial charge in [0, 0.05) is 12.2 Å². The Balaban J connectivity index is 2.21. The zero-order valence-corrected chi connectivity index (χ0v) is 7.66. The Morgan fingerprint density at radius 1 is 1.69 bits per heavy atom. The van der Waals surface area contributed by atoms with E-state index in [-0.39, 0.29) is 11.3 Å². The van der Waals surface area contributed by atoms with E-state index in [1.165, 1.54) is 16.7 Å². The Morgan fingerprint density at radius 2 is 2.38 bits per heavy atom. The van der Waals surface area contributed by atoms with Gasteiger partial charge in [0.05, 0.1) is 11.4 Å².